The van der Waals surface area contributed by atoms with E-state index in [1.54, 1.807) is 36.4 Å². The maximum absolute atomic E-state index is 9.77. The summed E-state index contributed by atoms with van der Waals surface area (Å²) >= 11 is 24.4. The summed E-state index contributed by atoms with van der Waals surface area (Å²) in [4.78, 5) is 0. The molecule has 0 atom stereocenters. The molecule has 3 nitrogen and oxygen atoms in total. The van der Waals surface area contributed by atoms with Crippen LogP contribution < -0.4 is 0 Å². The number of aliphatic hydroxyl groups excluding tert-OH is 1. The fraction of sp³-hybridized carbons (Fsp3) is 0.0625. The summed E-state index contributed by atoms with van der Waals surface area (Å²) < 4.78 is 5.40. The first-order valence-electron chi connectivity index (χ1n) is 6.52. The van der Waals surface area contributed by atoms with E-state index in [1.807, 2.05) is 0 Å². The van der Waals surface area contributed by atoms with E-state index in [-0.39, 0.29) is 6.61 Å². The van der Waals surface area contributed by atoms with E-state index in [0.717, 1.165) is 0 Å². The van der Waals surface area contributed by atoms with E-state index in [4.69, 9.17) is 50.9 Å². The fourth-order valence-electron chi connectivity index (χ4n) is 2.24. The number of nitrogens with zero attached hydrogens (tertiary/aromatic N) is 1. The third kappa shape index (κ3) is 3.08. The van der Waals surface area contributed by atoms with Crippen LogP contribution in [0, 0.1) is 0 Å². The number of aromatic nitrogens is 1. The average molecular weight is 389 g/mol. The third-order valence-electron chi connectivity index (χ3n) is 3.33. The molecular formula is C16H9Cl4NO2. The molecule has 7 heteroatoms. The van der Waals surface area contributed by atoms with Gasteiger partial charge >= 0.3 is 0 Å². The number of rotatable bonds is 3. The lowest BCUT2D eigenvalue weighted by molar-refractivity contribution is 0.281. The van der Waals surface area contributed by atoms with Crippen molar-refractivity contribution >= 4 is 46.4 Å². The molecule has 2 aromatic carbocycles. The Labute approximate surface area is 152 Å². The zero-order valence-corrected chi connectivity index (χ0v) is 14.5. The summed E-state index contributed by atoms with van der Waals surface area (Å²) in [6.07, 6.45) is 0. The number of hydrogen-bond donors (Lipinski definition) is 1. The number of benzene rings is 2. The largest absolute Gasteiger partial charge is 0.391 e. The van der Waals surface area contributed by atoms with Crippen molar-refractivity contribution in [2.75, 3.05) is 0 Å². The Bertz CT molecular complexity index is 877. The number of halogens is 4. The van der Waals surface area contributed by atoms with Crippen molar-refractivity contribution in [2.24, 2.45) is 0 Å². The van der Waals surface area contributed by atoms with Crippen molar-refractivity contribution in [1.29, 1.82) is 0 Å². The predicted octanol–water partition coefficient (Wildman–Crippen LogP) is 6.11. The van der Waals surface area contributed by atoms with E-state index in [1.165, 1.54) is 0 Å². The summed E-state index contributed by atoms with van der Waals surface area (Å²) in [6.45, 7) is -0.296. The van der Waals surface area contributed by atoms with Gasteiger partial charge in [0.25, 0.3) is 0 Å². The Hall–Kier alpha value is -1.23. The Kier molecular flexibility index (Phi) is 4.85. The highest BCUT2D eigenvalue weighted by atomic mass is 35.5. The van der Waals surface area contributed by atoms with Crippen LogP contribution in [0.2, 0.25) is 20.1 Å². The summed E-state index contributed by atoms with van der Waals surface area (Å²) in [5.41, 5.74) is 2.04. The lowest BCUT2D eigenvalue weighted by Gasteiger charge is -2.05. The van der Waals surface area contributed by atoms with Crippen molar-refractivity contribution in [2.45, 2.75) is 6.61 Å². The van der Waals surface area contributed by atoms with Gasteiger partial charge in [-0.25, -0.2) is 0 Å². The maximum Gasteiger partial charge on any atom is 0.174 e. The lowest BCUT2D eigenvalue weighted by atomic mass is 10.0. The second kappa shape index (κ2) is 6.71. The van der Waals surface area contributed by atoms with Gasteiger partial charge < -0.3 is 9.63 Å². The highest BCUT2D eigenvalue weighted by molar-refractivity contribution is 6.43. The molecule has 0 spiro atoms. The number of hydrogen-bond acceptors (Lipinski definition) is 3. The van der Waals surface area contributed by atoms with E-state index in [0.29, 0.717) is 48.2 Å². The average Bonchev–Trinajstić information content (AvgIpc) is 2.93. The second-order valence-electron chi connectivity index (χ2n) is 4.72. The Morgan fingerprint density at radius 3 is 2.43 bits per heavy atom. The molecule has 0 radical (unpaired) electrons. The van der Waals surface area contributed by atoms with Crippen molar-refractivity contribution in [1.82, 2.24) is 5.16 Å². The zero-order chi connectivity index (χ0) is 16.6. The van der Waals surface area contributed by atoms with Crippen molar-refractivity contribution in [3.63, 3.8) is 0 Å². The van der Waals surface area contributed by atoms with Gasteiger partial charge in [0.1, 0.15) is 5.69 Å². The monoisotopic (exact) mass is 387 g/mol. The van der Waals surface area contributed by atoms with E-state index >= 15 is 0 Å². The molecule has 0 unspecified atom stereocenters. The molecular weight excluding hydrogens is 380 g/mol. The van der Waals surface area contributed by atoms with E-state index in [9.17, 15) is 5.11 Å². The van der Waals surface area contributed by atoms with Gasteiger partial charge in [-0.1, -0.05) is 63.7 Å². The molecule has 23 heavy (non-hydrogen) atoms. The maximum atomic E-state index is 9.77. The van der Waals surface area contributed by atoms with Crippen LogP contribution in [0.3, 0.4) is 0 Å². The van der Waals surface area contributed by atoms with Gasteiger partial charge in [-0.2, -0.15) is 0 Å². The molecule has 1 heterocycles. The molecule has 1 N–H and O–H groups in total. The molecule has 0 saturated carbocycles. The smallest absolute Gasteiger partial charge is 0.174 e. The number of aliphatic hydroxyl groups is 1. The van der Waals surface area contributed by atoms with Gasteiger partial charge in [0.2, 0.25) is 0 Å². The van der Waals surface area contributed by atoms with Crippen LogP contribution >= 0.6 is 46.4 Å². The first kappa shape index (κ1) is 16.6. The van der Waals surface area contributed by atoms with Crippen LogP contribution in [0.25, 0.3) is 22.6 Å². The normalized spacial score (nSPS) is 11.0. The highest BCUT2D eigenvalue weighted by Gasteiger charge is 2.22. The SMILES string of the molecule is OCc1c(-c2cccc(Cl)c2Cl)noc1-c1ccc(Cl)cc1Cl. The minimum absolute atomic E-state index is 0.296. The first-order valence-corrected chi connectivity index (χ1v) is 8.03. The van der Waals surface area contributed by atoms with Crippen LogP contribution in [0.15, 0.2) is 40.9 Å². The first-order chi connectivity index (χ1) is 11.0. The van der Waals surface area contributed by atoms with Crippen LogP contribution in [-0.4, -0.2) is 10.3 Å². The van der Waals surface area contributed by atoms with Crippen molar-refractivity contribution in [3.8, 4) is 22.6 Å². The molecule has 0 bridgehead atoms. The standard InChI is InChI=1S/C16H9Cl4NO2/c17-8-4-5-9(13(19)6-8)16-11(7-22)15(21-23-16)10-2-1-3-12(18)14(10)20/h1-6,22H,7H2. The summed E-state index contributed by atoms with van der Waals surface area (Å²) in [5, 5.41) is 15.4. The quantitative estimate of drug-likeness (QED) is 0.588. The van der Waals surface area contributed by atoms with Crippen LogP contribution in [0.5, 0.6) is 0 Å². The Balaban J connectivity index is 2.19. The molecule has 0 amide bonds. The molecule has 1 aromatic heterocycles. The van der Waals surface area contributed by atoms with Gasteiger partial charge in [0.05, 0.1) is 27.2 Å². The van der Waals surface area contributed by atoms with Crippen molar-refractivity contribution in [3.05, 3.63) is 62.1 Å². The molecule has 0 aliphatic rings. The minimum Gasteiger partial charge on any atom is -0.391 e. The molecule has 0 aliphatic heterocycles. The fourth-order valence-corrected chi connectivity index (χ4v) is 3.12. The molecule has 0 aliphatic carbocycles. The molecule has 0 saturated heterocycles. The molecule has 0 fully saturated rings. The lowest BCUT2D eigenvalue weighted by Crippen LogP contribution is -1.90. The third-order valence-corrected chi connectivity index (χ3v) is 4.70. The topological polar surface area (TPSA) is 46.3 Å². The van der Waals surface area contributed by atoms with Gasteiger partial charge in [-0.05, 0) is 24.3 Å². The zero-order valence-electron chi connectivity index (χ0n) is 11.5. The second-order valence-corrected chi connectivity index (χ2v) is 6.35. The summed E-state index contributed by atoms with van der Waals surface area (Å²) in [6, 6.07) is 10.1. The van der Waals surface area contributed by atoms with Gasteiger partial charge in [0, 0.05) is 16.1 Å². The van der Waals surface area contributed by atoms with Gasteiger partial charge in [0.15, 0.2) is 5.76 Å². The molecule has 3 rings (SSSR count). The molecule has 3 aromatic rings. The van der Waals surface area contributed by atoms with Crippen LogP contribution in [0.4, 0.5) is 0 Å². The van der Waals surface area contributed by atoms with Crippen LogP contribution in [-0.2, 0) is 6.61 Å². The minimum atomic E-state index is -0.296. The Morgan fingerprint density at radius 1 is 0.957 bits per heavy atom. The van der Waals surface area contributed by atoms with Crippen molar-refractivity contribution < 1.29 is 9.63 Å². The van der Waals surface area contributed by atoms with Gasteiger partial charge in [-0.15, -0.1) is 0 Å². The van der Waals surface area contributed by atoms with Gasteiger partial charge in [-0.3, -0.25) is 0 Å². The molecule has 118 valence electrons. The summed E-state index contributed by atoms with van der Waals surface area (Å²) in [7, 11) is 0. The Morgan fingerprint density at radius 2 is 1.74 bits per heavy atom. The van der Waals surface area contributed by atoms with Crippen LogP contribution in [0.1, 0.15) is 5.56 Å². The highest BCUT2D eigenvalue weighted by Crippen LogP contribution is 2.40. The summed E-state index contributed by atoms with van der Waals surface area (Å²) in [5.74, 6) is 0.361. The van der Waals surface area contributed by atoms with E-state index < -0.39 is 0 Å². The van der Waals surface area contributed by atoms with E-state index in [2.05, 4.69) is 5.16 Å². The predicted molar refractivity (Wildman–Crippen MR) is 93.3 cm³/mol.